The molecule has 0 radical (unpaired) electrons. The van der Waals surface area contributed by atoms with Gasteiger partial charge in [0.1, 0.15) is 5.82 Å². The minimum atomic E-state index is -2.69. The van der Waals surface area contributed by atoms with Crippen LogP contribution in [-0.2, 0) is 0 Å². The number of aliphatic hydroxyl groups excluding tert-OH is 1. The predicted molar refractivity (Wildman–Crippen MR) is 63.3 cm³/mol. The fourth-order valence-corrected chi connectivity index (χ4v) is 1.26. The number of amides is 1. The molecule has 6 heteroatoms. The maximum atomic E-state index is 13.4. The molecule has 1 rings (SSSR count). The average molecular weight is 271 g/mol. The zero-order valence-corrected chi connectivity index (χ0v) is 9.92. The molecule has 0 aliphatic rings. The van der Waals surface area contributed by atoms with Crippen LogP contribution in [0.15, 0.2) is 18.2 Å². The first-order valence-corrected chi connectivity index (χ1v) is 5.50. The molecule has 0 aliphatic heterocycles. The second kappa shape index (κ2) is 7.44. The predicted octanol–water partition coefficient (Wildman–Crippen LogP) is 1.55. The van der Waals surface area contributed by atoms with Crippen LogP contribution in [0.3, 0.4) is 0 Å². The van der Waals surface area contributed by atoms with Crippen molar-refractivity contribution in [3.05, 3.63) is 35.1 Å². The summed E-state index contributed by atoms with van der Waals surface area (Å²) in [6, 6.07) is 3.59. The van der Waals surface area contributed by atoms with Crippen LogP contribution in [0, 0.1) is 17.7 Å². The highest BCUT2D eigenvalue weighted by atomic mass is 19.3. The quantitative estimate of drug-likeness (QED) is 0.816. The van der Waals surface area contributed by atoms with Crippen LogP contribution in [0.25, 0.3) is 0 Å². The SMILES string of the molecule is O=C(NCC(F)F)c1cc(C#CCCO)ccc1F. The summed E-state index contributed by atoms with van der Waals surface area (Å²) in [6.45, 7) is -0.936. The van der Waals surface area contributed by atoms with E-state index in [9.17, 15) is 18.0 Å². The molecule has 0 fully saturated rings. The lowest BCUT2D eigenvalue weighted by atomic mass is 10.1. The van der Waals surface area contributed by atoms with E-state index < -0.39 is 24.7 Å². The summed E-state index contributed by atoms with van der Waals surface area (Å²) in [4.78, 5) is 11.5. The summed E-state index contributed by atoms with van der Waals surface area (Å²) in [6.07, 6.45) is -2.44. The number of halogens is 3. The van der Waals surface area contributed by atoms with E-state index in [-0.39, 0.29) is 18.6 Å². The summed E-state index contributed by atoms with van der Waals surface area (Å²) < 4.78 is 37.3. The van der Waals surface area contributed by atoms with Crippen LogP contribution in [0.5, 0.6) is 0 Å². The first-order chi connectivity index (χ1) is 9.04. The van der Waals surface area contributed by atoms with Crippen molar-refractivity contribution in [2.75, 3.05) is 13.2 Å². The van der Waals surface area contributed by atoms with Crippen LogP contribution in [0.2, 0.25) is 0 Å². The Labute approximate surface area is 108 Å². The van der Waals surface area contributed by atoms with E-state index in [1.54, 1.807) is 0 Å². The largest absolute Gasteiger partial charge is 0.395 e. The third kappa shape index (κ3) is 5.02. The molecule has 0 bridgehead atoms. The van der Waals surface area contributed by atoms with Gasteiger partial charge in [-0.15, -0.1) is 0 Å². The zero-order chi connectivity index (χ0) is 14.3. The van der Waals surface area contributed by atoms with E-state index in [4.69, 9.17) is 5.11 Å². The van der Waals surface area contributed by atoms with Crippen LogP contribution in [0.1, 0.15) is 22.3 Å². The van der Waals surface area contributed by atoms with Crippen LogP contribution >= 0.6 is 0 Å². The minimum absolute atomic E-state index is 0.101. The Hall–Kier alpha value is -2.00. The second-order valence-electron chi connectivity index (χ2n) is 3.57. The number of hydrogen-bond acceptors (Lipinski definition) is 2. The molecule has 3 nitrogen and oxygen atoms in total. The summed E-state index contributed by atoms with van der Waals surface area (Å²) in [5, 5.41) is 10.5. The van der Waals surface area contributed by atoms with Crippen molar-refractivity contribution in [2.45, 2.75) is 12.8 Å². The van der Waals surface area contributed by atoms with Gasteiger partial charge in [0.25, 0.3) is 12.3 Å². The van der Waals surface area contributed by atoms with Gasteiger partial charge in [-0.2, -0.15) is 0 Å². The Kier molecular flexibility index (Phi) is 5.90. The number of hydrogen-bond donors (Lipinski definition) is 2. The number of benzene rings is 1. The van der Waals surface area contributed by atoms with Crippen molar-refractivity contribution in [3.63, 3.8) is 0 Å². The lowest BCUT2D eigenvalue weighted by molar-refractivity contribution is 0.0887. The van der Waals surface area contributed by atoms with E-state index in [0.29, 0.717) is 5.56 Å². The Morgan fingerprint density at radius 2 is 2.16 bits per heavy atom. The van der Waals surface area contributed by atoms with Gasteiger partial charge in [0.15, 0.2) is 0 Å². The number of nitrogens with one attached hydrogen (secondary N) is 1. The van der Waals surface area contributed by atoms with Gasteiger partial charge >= 0.3 is 0 Å². The van der Waals surface area contributed by atoms with Gasteiger partial charge in [-0.05, 0) is 18.2 Å². The Bertz CT molecular complexity index is 506. The van der Waals surface area contributed by atoms with Gasteiger partial charge in [-0.25, -0.2) is 13.2 Å². The molecule has 2 N–H and O–H groups in total. The normalized spacial score (nSPS) is 9.95. The van der Waals surface area contributed by atoms with Gasteiger partial charge in [0, 0.05) is 12.0 Å². The zero-order valence-electron chi connectivity index (χ0n) is 9.92. The molecule has 0 saturated heterocycles. The van der Waals surface area contributed by atoms with Crippen LogP contribution in [0.4, 0.5) is 13.2 Å². The molecule has 102 valence electrons. The van der Waals surface area contributed by atoms with Crippen molar-refractivity contribution in [1.29, 1.82) is 0 Å². The standard InChI is InChI=1S/C13H12F3NO2/c14-11-5-4-9(3-1-2-6-18)7-10(11)13(19)17-8-12(15)16/h4-5,7,12,18H,2,6,8H2,(H,17,19). The van der Waals surface area contributed by atoms with Gasteiger partial charge in [-0.3, -0.25) is 4.79 Å². The molecule has 1 amide bonds. The highest BCUT2D eigenvalue weighted by Crippen LogP contribution is 2.10. The lowest BCUT2D eigenvalue weighted by Gasteiger charge is -2.05. The molecule has 0 atom stereocenters. The Balaban J connectivity index is 2.85. The van der Waals surface area contributed by atoms with Crippen molar-refractivity contribution < 1.29 is 23.1 Å². The molecule has 19 heavy (non-hydrogen) atoms. The molecule has 0 aromatic heterocycles. The third-order valence-electron chi connectivity index (χ3n) is 2.10. The number of alkyl halides is 2. The molecule has 0 saturated carbocycles. The van der Waals surface area contributed by atoms with Crippen molar-refractivity contribution >= 4 is 5.91 Å². The van der Waals surface area contributed by atoms with Crippen LogP contribution < -0.4 is 5.32 Å². The number of rotatable bonds is 4. The average Bonchev–Trinajstić information content (AvgIpc) is 2.38. The van der Waals surface area contributed by atoms with Crippen molar-refractivity contribution in [2.24, 2.45) is 0 Å². The van der Waals surface area contributed by atoms with E-state index in [1.165, 1.54) is 12.1 Å². The van der Waals surface area contributed by atoms with Gasteiger partial charge < -0.3 is 10.4 Å². The van der Waals surface area contributed by atoms with Gasteiger partial charge in [0.2, 0.25) is 0 Å². The van der Waals surface area contributed by atoms with Gasteiger partial charge in [-0.1, -0.05) is 11.8 Å². The van der Waals surface area contributed by atoms with E-state index >= 15 is 0 Å². The van der Waals surface area contributed by atoms with E-state index in [2.05, 4.69) is 11.8 Å². The topological polar surface area (TPSA) is 49.3 Å². The smallest absolute Gasteiger partial charge is 0.255 e. The number of carbonyl (C=O) groups excluding carboxylic acids is 1. The van der Waals surface area contributed by atoms with Gasteiger partial charge in [0.05, 0.1) is 18.7 Å². The highest BCUT2D eigenvalue weighted by molar-refractivity contribution is 5.94. The minimum Gasteiger partial charge on any atom is -0.395 e. The molecule has 0 unspecified atom stereocenters. The number of carbonyl (C=O) groups is 1. The number of aliphatic hydroxyl groups is 1. The summed E-state index contributed by atoms with van der Waals surface area (Å²) in [7, 11) is 0. The monoisotopic (exact) mass is 271 g/mol. The maximum Gasteiger partial charge on any atom is 0.255 e. The summed E-state index contributed by atoms with van der Waals surface area (Å²) in [5.74, 6) is 3.52. The van der Waals surface area contributed by atoms with E-state index in [0.717, 1.165) is 6.07 Å². The van der Waals surface area contributed by atoms with Crippen molar-refractivity contribution in [1.82, 2.24) is 5.32 Å². The fourth-order valence-electron chi connectivity index (χ4n) is 1.26. The molecule has 1 aromatic rings. The van der Waals surface area contributed by atoms with Crippen molar-refractivity contribution in [3.8, 4) is 11.8 Å². The lowest BCUT2D eigenvalue weighted by Crippen LogP contribution is -2.29. The Morgan fingerprint density at radius 3 is 2.79 bits per heavy atom. The maximum absolute atomic E-state index is 13.4. The summed E-state index contributed by atoms with van der Waals surface area (Å²) >= 11 is 0. The van der Waals surface area contributed by atoms with Crippen LogP contribution in [-0.4, -0.2) is 30.6 Å². The fraction of sp³-hybridized carbons (Fsp3) is 0.308. The first-order valence-electron chi connectivity index (χ1n) is 5.50. The van der Waals surface area contributed by atoms with E-state index in [1.807, 2.05) is 5.32 Å². The molecular weight excluding hydrogens is 259 g/mol. The Morgan fingerprint density at radius 1 is 1.42 bits per heavy atom. The molecular formula is C13H12F3NO2. The molecule has 0 spiro atoms. The highest BCUT2D eigenvalue weighted by Gasteiger charge is 2.13. The first kappa shape index (κ1) is 15.1. The second-order valence-corrected chi connectivity index (χ2v) is 3.57. The third-order valence-corrected chi connectivity index (χ3v) is 2.10. The summed E-state index contributed by atoms with van der Waals surface area (Å²) in [5.41, 5.74) is 0.0356. The molecule has 0 heterocycles. The molecule has 0 aliphatic carbocycles. The molecule has 1 aromatic carbocycles.